The van der Waals surface area contributed by atoms with Crippen LogP contribution in [0.5, 0.6) is 11.5 Å². The van der Waals surface area contributed by atoms with E-state index in [1.807, 2.05) is 0 Å². The number of methoxy groups -OCH3 is 1. The molecule has 1 amide bonds. The molecule has 2 aliphatic heterocycles. The van der Waals surface area contributed by atoms with Gasteiger partial charge < -0.3 is 14.7 Å². The Hall–Kier alpha value is -1.75. The third-order valence-electron chi connectivity index (χ3n) is 4.77. The number of aromatic hydroxyl groups is 1. The van der Waals surface area contributed by atoms with Gasteiger partial charge in [0, 0.05) is 44.2 Å². The summed E-state index contributed by atoms with van der Waals surface area (Å²) in [5, 5.41) is 9.66. The van der Waals surface area contributed by atoms with E-state index in [0.717, 1.165) is 63.2 Å². The van der Waals surface area contributed by atoms with Gasteiger partial charge in [0.1, 0.15) is 11.5 Å². The van der Waals surface area contributed by atoms with Crippen LogP contribution in [0, 0.1) is 0 Å². The summed E-state index contributed by atoms with van der Waals surface area (Å²) in [6, 6.07) is 5.64. The molecular formula is C17H24N2O3. The minimum absolute atomic E-state index is 0.272. The summed E-state index contributed by atoms with van der Waals surface area (Å²) >= 11 is 0. The third-order valence-corrected chi connectivity index (χ3v) is 4.77. The maximum absolute atomic E-state index is 11.8. The first-order valence-electron chi connectivity index (χ1n) is 8.05. The number of phenolic OH excluding ortho intramolecular Hbond substituents is 1. The summed E-state index contributed by atoms with van der Waals surface area (Å²) < 4.78 is 5.37. The molecule has 2 saturated heterocycles. The number of nitrogens with zero attached hydrogens (tertiary/aromatic N) is 2. The number of piperidine rings is 1. The zero-order chi connectivity index (χ0) is 15.5. The summed E-state index contributed by atoms with van der Waals surface area (Å²) in [5.41, 5.74) is 1.01. The topological polar surface area (TPSA) is 53.0 Å². The fourth-order valence-corrected chi connectivity index (χ4v) is 3.57. The van der Waals surface area contributed by atoms with Crippen molar-refractivity contribution in [3.8, 4) is 11.5 Å². The van der Waals surface area contributed by atoms with Crippen molar-refractivity contribution in [2.24, 2.45) is 0 Å². The number of likely N-dealkylation sites (tertiary alicyclic amines) is 2. The van der Waals surface area contributed by atoms with E-state index in [2.05, 4.69) is 9.80 Å². The average molecular weight is 304 g/mol. The number of phenols is 1. The monoisotopic (exact) mass is 304 g/mol. The second-order valence-corrected chi connectivity index (χ2v) is 6.19. The Bertz CT molecular complexity index is 539. The smallest absolute Gasteiger partial charge is 0.222 e. The first-order chi connectivity index (χ1) is 10.7. The predicted molar refractivity (Wildman–Crippen MR) is 83.9 cm³/mol. The molecule has 0 bridgehead atoms. The van der Waals surface area contributed by atoms with Crippen LogP contribution in [0.4, 0.5) is 0 Å². The number of hydrogen-bond acceptors (Lipinski definition) is 4. The Morgan fingerprint density at radius 1 is 1.27 bits per heavy atom. The standard InChI is InChI=1S/C17H24N2O3/c1-22-16-5-4-15(20)11-13(16)12-18-9-6-14(7-10-18)19-8-2-3-17(19)21/h4-5,11,14,20H,2-3,6-10,12H2,1H3. The quantitative estimate of drug-likeness (QED) is 0.924. The maximum atomic E-state index is 11.8. The van der Waals surface area contributed by atoms with E-state index >= 15 is 0 Å². The van der Waals surface area contributed by atoms with Crippen LogP contribution in [0.3, 0.4) is 0 Å². The van der Waals surface area contributed by atoms with Gasteiger partial charge in [-0.15, -0.1) is 0 Å². The molecule has 5 nitrogen and oxygen atoms in total. The molecule has 0 aliphatic carbocycles. The Kier molecular flexibility index (Phi) is 4.52. The van der Waals surface area contributed by atoms with Gasteiger partial charge >= 0.3 is 0 Å². The molecule has 5 heteroatoms. The number of amides is 1. The maximum Gasteiger partial charge on any atom is 0.222 e. The predicted octanol–water partition coefficient (Wildman–Crippen LogP) is 1.99. The fraction of sp³-hybridized carbons (Fsp3) is 0.588. The molecule has 0 saturated carbocycles. The number of rotatable bonds is 4. The molecule has 0 spiro atoms. The summed E-state index contributed by atoms with van der Waals surface area (Å²) in [6.07, 6.45) is 3.81. The van der Waals surface area contributed by atoms with E-state index in [9.17, 15) is 9.90 Å². The average Bonchev–Trinajstić information content (AvgIpc) is 2.94. The summed E-state index contributed by atoms with van der Waals surface area (Å²) in [4.78, 5) is 16.3. The van der Waals surface area contributed by atoms with Crippen molar-refractivity contribution in [1.82, 2.24) is 9.80 Å². The van der Waals surface area contributed by atoms with Gasteiger partial charge in [-0.2, -0.15) is 0 Å². The van der Waals surface area contributed by atoms with Gasteiger partial charge in [0.2, 0.25) is 5.91 Å². The van der Waals surface area contributed by atoms with E-state index in [1.165, 1.54) is 0 Å². The second-order valence-electron chi connectivity index (χ2n) is 6.19. The molecule has 1 aromatic carbocycles. The van der Waals surface area contributed by atoms with E-state index < -0.39 is 0 Å². The first kappa shape index (κ1) is 15.2. The second kappa shape index (κ2) is 6.57. The van der Waals surface area contributed by atoms with Crippen LogP contribution in [-0.4, -0.2) is 53.6 Å². The van der Waals surface area contributed by atoms with Crippen LogP contribution >= 0.6 is 0 Å². The molecule has 1 N–H and O–H groups in total. The van der Waals surface area contributed by atoms with Crippen molar-refractivity contribution in [2.75, 3.05) is 26.7 Å². The molecule has 2 fully saturated rings. The van der Waals surface area contributed by atoms with Gasteiger partial charge in [0.05, 0.1) is 7.11 Å². The zero-order valence-electron chi connectivity index (χ0n) is 13.1. The Morgan fingerprint density at radius 2 is 2.05 bits per heavy atom. The lowest BCUT2D eigenvalue weighted by atomic mass is 10.0. The van der Waals surface area contributed by atoms with Crippen molar-refractivity contribution < 1.29 is 14.6 Å². The largest absolute Gasteiger partial charge is 0.508 e. The van der Waals surface area contributed by atoms with E-state index in [-0.39, 0.29) is 5.75 Å². The number of ether oxygens (including phenoxy) is 1. The van der Waals surface area contributed by atoms with E-state index in [1.54, 1.807) is 25.3 Å². The number of carbonyl (C=O) groups is 1. The van der Waals surface area contributed by atoms with Gasteiger partial charge in [0.25, 0.3) is 0 Å². The van der Waals surface area contributed by atoms with Gasteiger partial charge in [-0.1, -0.05) is 0 Å². The minimum atomic E-state index is 0.272. The zero-order valence-corrected chi connectivity index (χ0v) is 13.1. The third kappa shape index (κ3) is 3.19. The highest BCUT2D eigenvalue weighted by molar-refractivity contribution is 5.78. The molecule has 2 heterocycles. The highest BCUT2D eigenvalue weighted by atomic mass is 16.5. The number of benzene rings is 1. The van der Waals surface area contributed by atoms with Crippen LogP contribution in [0.2, 0.25) is 0 Å². The molecule has 0 aromatic heterocycles. The van der Waals surface area contributed by atoms with Gasteiger partial charge in [-0.05, 0) is 37.5 Å². The lowest BCUT2D eigenvalue weighted by Gasteiger charge is -2.36. The highest BCUT2D eigenvalue weighted by Crippen LogP contribution is 2.27. The van der Waals surface area contributed by atoms with Crippen LogP contribution < -0.4 is 4.74 Å². The van der Waals surface area contributed by atoms with Crippen molar-refractivity contribution >= 4 is 5.91 Å². The summed E-state index contributed by atoms with van der Waals surface area (Å²) in [5.74, 6) is 1.41. The Balaban J connectivity index is 1.58. The summed E-state index contributed by atoms with van der Waals surface area (Å²) in [6.45, 7) is 3.67. The van der Waals surface area contributed by atoms with Crippen molar-refractivity contribution in [3.05, 3.63) is 23.8 Å². The molecule has 120 valence electrons. The van der Waals surface area contributed by atoms with Gasteiger partial charge in [-0.25, -0.2) is 0 Å². The number of hydrogen-bond donors (Lipinski definition) is 1. The van der Waals surface area contributed by atoms with Crippen LogP contribution in [0.1, 0.15) is 31.2 Å². The van der Waals surface area contributed by atoms with Crippen molar-refractivity contribution in [3.63, 3.8) is 0 Å². The molecule has 3 rings (SSSR count). The minimum Gasteiger partial charge on any atom is -0.508 e. The Morgan fingerprint density at radius 3 is 2.68 bits per heavy atom. The molecule has 2 aliphatic rings. The van der Waals surface area contributed by atoms with E-state index in [0.29, 0.717) is 11.9 Å². The van der Waals surface area contributed by atoms with Crippen LogP contribution in [-0.2, 0) is 11.3 Å². The lowest BCUT2D eigenvalue weighted by Crippen LogP contribution is -2.45. The Labute approximate surface area is 131 Å². The van der Waals surface area contributed by atoms with Gasteiger partial charge in [0.15, 0.2) is 0 Å². The van der Waals surface area contributed by atoms with Crippen molar-refractivity contribution in [2.45, 2.75) is 38.3 Å². The highest BCUT2D eigenvalue weighted by Gasteiger charge is 2.30. The molecular weight excluding hydrogens is 280 g/mol. The lowest BCUT2D eigenvalue weighted by molar-refractivity contribution is -0.130. The van der Waals surface area contributed by atoms with Crippen molar-refractivity contribution in [1.29, 1.82) is 0 Å². The molecule has 1 aromatic rings. The van der Waals surface area contributed by atoms with E-state index in [4.69, 9.17) is 4.74 Å². The first-order valence-corrected chi connectivity index (χ1v) is 8.05. The summed E-state index contributed by atoms with van der Waals surface area (Å²) in [7, 11) is 1.65. The molecule has 0 atom stereocenters. The normalized spacial score (nSPS) is 20.6. The van der Waals surface area contributed by atoms with Gasteiger partial charge in [-0.3, -0.25) is 9.69 Å². The van der Waals surface area contributed by atoms with Crippen LogP contribution in [0.25, 0.3) is 0 Å². The molecule has 0 radical (unpaired) electrons. The SMILES string of the molecule is COc1ccc(O)cc1CN1CCC(N2CCCC2=O)CC1. The molecule has 22 heavy (non-hydrogen) atoms. The molecule has 0 unspecified atom stereocenters. The fourth-order valence-electron chi connectivity index (χ4n) is 3.57. The van der Waals surface area contributed by atoms with Crippen LogP contribution in [0.15, 0.2) is 18.2 Å². The number of carbonyl (C=O) groups excluding carboxylic acids is 1.